The van der Waals surface area contributed by atoms with Crippen LogP contribution in [-0.4, -0.2) is 5.11 Å². The topological polar surface area (TPSA) is 29.5 Å². The first-order valence-electron chi connectivity index (χ1n) is 6.60. The van der Waals surface area contributed by atoms with E-state index in [1.807, 2.05) is 18.2 Å². The molecule has 2 aromatic carbocycles. The van der Waals surface area contributed by atoms with Crippen LogP contribution in [0.15, 0.2) is 34.8 Å². The van der Waals surface area contributed by atoms with Crippen molar-refractivity contribution in [3.05, 3.63) is 62.6 Å². The molecule has 2 rings (SSSR count). The van der Waals surface area contributed by atoms with Crippen molar-refractivity contribution in [1.29, 1.82) is 0 Å². The van der Waals surface area contributed by atoms with Crippen LogP contribution in [0.4, 0.5) is 0 Å². The molecule has 0 fully saturated rings. The third kappa shape index (κ3) is 3.41. The normalized spacial score (nSPS) is 10.7. The molecule has 0 unspecified atom stereocenters. The van der Waals surface area contributed by atoms with Crippen molar-refractivity contribution in [2.24, 2.45) is 0 Å². The van der Waals surface area contributed by atoms with E-state index in [2.05, 4.69) is 48.8 Å². The Morgan fingerprint density at radius 1 is 1.05 bits per heavy atom. The number of halogens is 1. The number of aliphatic hydroxyl groups excluding tert-OH is 1. The molecule has 0 aliphatic carbocycles. The largest absolute Gasteiger partial charge is 0.489 e. The summed E-state index contributed by atoms with van der Waals surface area (Å²) in [7, 11) is 0. The fourth-order valence-corrected chi connectivity index (χ4v) is 2.73. The van der Waals surface area contributed by atoms with Gasteiger partial charge in [-0.2, -0.15) is 0 Å². The number of aliphatic hydroxyl groups is 1. The van der Waals surface area contributed by atoms with Crippen LogP contribution in [0.3, 0.4) is 0 Å². The molecule has 2 nitrogen and oxygen atoms in total. The zero-order valence-electron chi connectivity index (χ0n) is 12.0. The number of ether oxygens (including phenoxy) is 1. The Morgan fingerprint density at radius 2 is 1.70 bits per heavy atom. The lowest BCUT2D eigenvalue weighted by atomic mass is 10.0. The second-order valence-electron chi connectivity index (χ2n) is 5.08. The Hall–Kier alpha value is -1.32. The van der Waals surface area contributed by atoms with Crippen LogP contribution >= 0.6 is 15.9 Å². The van der Waals surface area contributed by atoms with Crippen LogP contribution in [-0.2, 0) is 13.2 Å². The predicted molar refractivity (Wildman–Crippen MR) is 85.0 cm³/mol. The van der Waals surface area contributed by atoms with Gasteiger partial charge in [-0.1, -0.05) is 33.6 Å². The molecule has 1 N–H and O–H groups in total. The second kappa shape index (κ2) is 6.42. The quantitative estimate of drug-likeness (QED) is 0.895. The van der Waals surface area contributed by atoms with Crippen LogP contribution in [0.5, 0.6) is 5.75 Å². The molecule has 0 radical (unpaired) electrons. The summed E-state index contributed by atoms with van der Waals surface area (Å²) < 4.78 is 6.76. The van der Waals surface area contributed by atoms with Crippen molar-refractivity contribution in [2.45, 2.75) is 34.0 Å². The summed E-state index contributed by atoms with van der Waals surface area (Å²) in [5.74, 6) is 0.775. The van der Waals surface area contributed by atoms with E-state index in [1.54, 1.807) is 0 Å². The first-order chi connectivity index (χ1) is 9.51. The number of aryl methyl sites for hydroxylation is 3. The van der Waals surface area contributed by atoms with Crippen molar-refractivity contribution < 1.29 is 9.84 Å². The van der Waals surface area contributed by atoms with Gasteiger partial charge in [-0.15, -0.1) is 0 Å². The van der Waals surface area contributed by atoms with E-state index >= 15 is 0 Å². The maximum atomic E-state index is 9.26. The highest BCUT2D eigenvalue weighted by Crippen LogP contribution is 2.24. The summed E-state index contributed by atoms with van der Waals surface area (Å²) in [5, 5.41) is 9.26. The minimum atomic E-state index is 0.000368. The van der Waals surface area contributed by atoms with Gasteiger partial charge in [0.2, 0.25) is 0 Å². The maximum absolute atomic E-state index is 9.26. The van der Waals surface area contributed by atoms with E-state index in [9.17, 15) is 5.11 Å². The van der Waals surface area contributed by atoms with Crippen LogP contribution in [0.1, 0.15) is 27.8 Å². The van der Waals surface area contributed by atoms with Gasteiger partial charge in [0.05, 0.1) is 6.61 Å². The lowest BCUT2D eigenvalue weighted by Gasteiger charge is -2.13. The molecule has 3 heteroatoms. The SMILES string of the molecule is Cc1cc(C)c(COc2ccc(Br)c(CO)c2)c(C)c1. The predicted octanol–water partition coefficient (Wildman–Crippen LogP) is 4.45. The molecule has 2 aromatic rings. The average Bonchev–Trinajstić information content (AvgIpc) is 2.39. The van der Waals surface area contributed by atoms with E-state index < -0.39 is 0 Å². The molecule has 0 aliphatic heterocycles. The van der Waals surface area contributed by atoms with E-state index in [-0.39, 0.29) is 6.61 Å². The molecule has 106 valence electrons. The van der Waals surface area contributed by atoms with Gasteiger partial charge in [-0.25, -0.2) is 0 Å². The molecule has 0 heterocycles. The van der Waals surface area contributed by atoms with Gasteiger partial charge in [-0.05, 0) is 61.2 Å². The van der Waals surface area contributed by atoms with Gasteiger partial charge in [-0.3, -0.25) is 0 Å². The zero-order chi connectivity index (χ0) is 14.7. The van der Waals surface area contributed by atoms with Gasteiger partial charge in [0.1, 0.15) is 12.4 Å². The van der Waals surface area contributed by atoms with Crippen LogP contribution in [0, 0.1) is 20.8 Å². The highest BCUT2D eigenvalue weighted by Gasteiger charge is 2.06. The van der Waals surface area contributed by atoms with Crippen molar-refractivity contribution in [3.8, 4) is 5.75 Å². The fourth-order valence-electron chi connectivity index (χ4n) is 2.36. The minimum Gasteiger partial charge on any atom is -0.489 e. The van der Waals surface area contributed by atoms with Crippen molar-refractivity contribution in [1.82, 2.24) is 0 Å². The molecule has 0 aliphatic rings. The molecule has 0 aromatic heterocycles. The van der Waals surface area contributed by atoms with Gasteiger partial charge in [0.25, 0.3) is 0 Å². The Labute approximate surface area is 128 Å². The molecular formula is C17H19BrO2. The Morgan fingerprint density at radius 3 is 2.30 bits per heavy atom. The smallest absolute Gasteiger partial charge is 0.120 e. The van der Waals surface area contributed by atoms with Crippen LogP contribution < -0.4 is 4.74 Å². The van der Waals surface area contributed by atoms with E-state index in [0.717, 1.165) is 15.8 Å². The summed E-state index contributed by atoms with van der Waals surface area (Å²) >= 11 is 3.40. The third-order valence-electron chi connectivity index (χ3n) is 3.41. The molecule has 0 bridgehead atoms. The molecule has 0 saturated heterocycles. The first-order valence-corrected chi connectivity index (χ1v) is 7.39. The Balaban J connectivity index is 2.17. The maximum Gasteiger partial charge on any atom is 0.120 e. The lowest BCUT2D eigenvalue weighted by molar-refractivity contribution is 0.277. The van der Waals surface area contributed by atoms with Gasteiger partial charge < -0.3 is 9.84 Å². The van der Waals surface area contributed by atoms with E-state index in [0.29, 0.717) is 6.61 Å². The van der Waals surface area contributed by atoms with Gasteiger partial charge in [0, 0.05) is 4.47 Å². The summed E-state index contributed by atoms with van der Waals surface area (Å²) in [6, 6.07) is 10.0. The van der Waals surface area contributed by atoms with Crippen molar-refractivity contribution in [3.63, 3.8) is 0 Å². The number of rotatable bonds is 4. The van der Waals surface area contributed by atoms with Crippen LogP contribution in [0.25, 0.3) is 0 Å². The Kier molecular flexibility index (Phi) is 4.84. The van der Waals surface area contributed by atoms with E-state index in [1.165, 1.54) is 22.3 Å². The summed E-state index contributed by atoms with van der Waals surface area (Å²) in [6.45, 7) is 6.87. The van der Waals surface area contributed by atoms with Crippen LogP contribution in [0.2, 0.25) is 0 Å². The van der Waals surface area contributed by atoms with Gasteiger partial charge in [0.15, 0.2) is 0 Å². The first kappa shape index (κ1) is 15.1. The zero-order valence-corrected chi connectivity index (χ0v) is 13.6. The summed E-state index contributed by atoms with van der Waals surface area (Å²) in [4.78, 5) is 0. The van der Waals surface area contributed by atoms with Crippen molar-refractivity contribution >= 4 is 15.9 Å². The molecule has 0 spiro atoms. The monoisotopic (exact) mass is 334 g/mol. The number of hydrogen-bond acceptors (Lipinski definition) is 2. The minimum absolute atomic E-state index is 0.000368. The summed E-state index contributed by atoms with van der Waals surface area (Å²) in [6.07, 6.45) is 0. The van der Waals surface area contributed by atoms with E-state index in [4.69, 9.17) is 4.74 Å². The highest BCUT2D eigenvalue weighted by molar-refractivity contribution is 9.10. The lowest BCUT2D eigenvalue weighted by Crippen LogP contribution is -2.02. The molecular weight excluding hydrogens is 316 g/mol. The standard InChI is InChI=1S/C17H19BrO2/c1-11-6-12(2)16(13(3)7-11)10-20-15-4-5-17(18)14(8-15)9-19/h4-8,19H,9-10H2,1-3H3. The molecule has 0 saturated carbocycles. The second-order valence-corrected chi connectivity index (χ2v) is 5.93. The molecule has 0 atom stereocenters. The summed E-state index contributed by atoms with van der Waals surface area (Å²) in [5.41, 5.74) is 5.84. The molecule has 0 amide bonds. The number of hydrogen-bond donors (Lipinski definition) is 1. The van der Waals surface area contributed by atoms with Gasteiger partial charge >= 0.3 is 0 Å². The third-order valence-corrected chi connectivity index (χ3v) is 4.18. The number of benzene rings is 2. The van der Waals surface area contributed by atoms with Crippen molar-refractivity contribution in [2.75, 3.05) is 0 Å². The highest BCUT2D eigenvalue weighted by atomic mass is 79.9. The Bertz CT molecular complexity index is 597. The molecule has 20 heavy (non-hydrogen) atoms. The average molecular weight is 335 g/mol. The fraction of sp³-hybridized carbons (Fsp3) is 0.294.